The van der Waals surface area contributed by atoms with Gasteiger partial charge in [0.1, 0.15) is 0 Å². The van der Waals surface area contributed by atoms with Crippen LogP contribution in [0.3, 0.4) is 0 Å². The van der Waals surface area contributed by atoms with Crippen molar-refractivity contribution in [2.75, 3.05) is 18.8 Å². The molecule has 0 bridgehead atoms. The van der Waals surface area contributed by atoms with Gasteiger partial charge in [0.2, 0.25) is 10.0 Å². The molecule has 0 spiro atoms. The number of nitrogens with zero attached hydrogens (tertiary/aromatic N) is 1. The first-order chi connectivity index (χ1) is 13.6. The Hall–Kier alpha value is -2.68. The van der Waals surface area contributed by atoms with E-state index >= 15 is 0 Å². The molecule has 3 aromatic carbocycles. The highest BCUT2D eigenvalue weighted by Gasteiger charge is 2.22. The maximum Gasteiger partial charge on any atom is 0.262 e. The van der Waals surface area contributed by atoms with Crippen LogP contribution < -0.4 is 4.72 Å². The van der Waals surface area contributed by atoms with Gasteiger partial charge in [-0.2, -0.15) is 0 Å². The van der Waals surface area contributed by atoms with Crippen LogP contribution in [-0.4, -0.2) is 35.2 Å². The SMILES string of the molecule is Cc1ccc(S(=O)(=O)N(C)C)cc1NS(=O)(=O)c1ccccc1-c1ccccc1. The molecule has 0 fully saturated rings. The van der Waals surface area contributed by atoms with Crippen molar-refractivity contribution in [2.45, 2.75) is 16.7 Å². The van der Waals surface area contributed by atoms with Crippen molar-refractivity contribution in [2.24, 2.45) is 0 Å². The van der Waals surface area contributed by atoms with Gasteiger partial charge in [-0.1, -0.05) is 54.6 Å². The van der Waals surface area contributed by atoms with Crippen molar-refractivity contribution in [1.29, 1.82) is 0 Å². The Bertz CT molecular complexity index is 1240. The highest BCUT2D eigenvalue weighted by atomic mass is 32.2. The zero-order chi connectivity index (χ0) is 21.2. The molecule has 29 heavy (non-hydrogen) atoms. The fourth-order valence-corrected chi connectivity index (χ4v) is 5.12. The molecule has 0 saturated heterocycles. The summed E-state index contributed by atoms with van der Waals surface area (Å²) in [6, 6.07) is 20.3. The van der Waals surface area contributed by atoms with Crippen molar-refractivity contribution in [3.05, 3.63) is 78.4 Å². The fourth-order valence-electron chi connectivity index (χ4n) is 2.84. The van der Waals surface area contributed by atoms with E-state index < -0.39 is 20.0 Å². The second-order valence-electron chi connectivity index (χ2n) is 6.73. The van der Waals surface area contributed by atoms with Gasteiger partial charge < -0.3 is 0 Å². The zero-order valence-corrected chi connectivity index (χ0v) is 18.0. The molecule has 0 radical (unpaired) electrons. The van der Waals surface area contributed by atoms with Crippen LogP contribution >= 0.6 is 0 Å². The van der Waals surface area contributed by atoms with E-state index in [0.29, 0.717) is 11.1 Å². The maximum absolute atomic E-state index is 13.2. The van der Waals surface area contributed by atoms with Gasteiger partial charge in [0.05, 0.1) is 15.5 Å². The number of sulfonamides is 2. The summed E-state index contributed by atoms with van der Waals surface area (Å²) in [5, 5.41) is 0. The van der Waals surface area contributed by atoms with E-state index in [4.69, 9.17) is 0 Å². The number of hydrogen-bond donors (Lipinski definition) is 1. The van der Waals surface area contributed by atoms with Crippen LogP contribution in [0.2, 0.25) is 0 Å². The van der Waals surface area contributed by atoms with Crippen molar-refractivity contribution < 1.29 is 16.8 Å². The first kappa shape index (κ1) is 21.0. The van der Waals surface area contributed by atoms with Gasteiger partial charge in [-0.25, -0.2) is 21.1 Å². The molecular weight excluding hydrogens is 408 g/mol. The molecule has 0 aliphatic heterocycles. The summed E-state index contributed by atoms with van der Waals surface area (Å²) in [6.07, 6.45) is 0. The van der Waals surface area contributed by atoms with Crippen LogP contribution in [0.4, 0.5) is 5.69 Å². The minimum atomic E-state index is -3.96. The van der Waals surface area contributed by atoms with E-state index in [1.54, 1.807) is 31.2 Å². The number of anilines is 1. The van der Waals surface area contributed by atoms with E-state index in [0.717, 1.165) is 9.87 Å². The van der Waals surface area contributed by atoms with E-state index in [1.165, 1.54) is 32.3 Å². The summed E-state index contributed by atoms with van der Waals surface area (Å²) in [5.41, 5.74) is 2.17. The Morgan fingerprint density at radius 3 is 2.07 bits per heavy atom. The molecule has 0 aliphatic rings. The molecule has 0 aliphatic carbocycles. The molecule has 0 saturated carbocycles. The van der Waals surface area contributed by atoms with Crippen LogP contribution in [-0.2, 0) is 20.0 Å². The number of aryl methyl sites for hydroxylation is 1. The van der Waals surface area contributed by atoms with E-state index in [1.807, 2.05) is 30.3 Å². The van der Waals surface area contributed by atoms with Gasteiger partial charge in [-0.3, -0.25) is 4.72 Å². The molecule has 0 amide bonds. The van der Waals surface area contributed by atoms with Crippen molar-refractivity contribution in [3.63, 3.8) is 0 Å². The van der Waals surface area contributed by atoms with E-state index in [2.05, 4.69) is 4.72 Å². The minimum absolute atomic E-state index is 0.0159. The van der Waals surface area contributed by atoms with Gasteiger partial charge in [0.15, 0.2) is 0 Å². The van der Waals surface area contributed by atoms with Gasteiger partial charge in [-0.15, -0.1) is 0 Å². The first-order valence-corrected chi connectivity index (χ1v) is 11.8. The van der Waals surface area contributed by atoms with Crippen molar-refractivity contribution in [3.8, 4) is 11.1 Å². The van der Waals surface area contributed by atoms with Gasteiger partial charge in [-0.05, 0) is 36.2 Å². The third-order valence-electron chi connectivity index (χ3n) is 4.49. The summed E-state index contributed by atoms with van der Waals surface area (Å²) in [6.45, 7) is 1.72. The summed E-state index contributed by atoms with van der Waals surface area (Å²) in [7, 11) is -4.79. The zero-order valence-electron chi connectivity index (χ0n) is 16.3. The van der Waals surface area contributed by atoms with Crippen molar-refractivity contribution in [1.82, 2.24) is 4.31 Å². The Morgan fingerprint density at radius 1 is 0.793 bits per heavy atom. The van der Waals surface area contributed by atoms with Crippen LogP contribution in [0, 0.1) is 6.92 Å². The fraction of sp³-hybridized carbons (Fsp3) is 0.143. The quantitative estimate of drug-likeness (QED) is 0.646. The molecule has 8 heteroatoms. The third-order valence-corrected chi connectivity index (χ3v) is 7.73. The number of hydrogen-bond acceptors (Lipinski definition) is 4. The lowest BCUT2D eigenvalue weighted by atomic mass is 10.1. The minimum Gasteiger partial charge on any atom is -0.279 e. The molecule has 3 rings (SSSR count). The molecule has 3 aromatic rings. The summed E-state index contributed by atoms with van der Waals surface area (Å²) in [4.78, 5) is 0.133. The average Bonchev–Trinajstić information content (AvgIpc) is 2.70. The topological polar surface area (TPSA) is 83.6 Å². The molecule has 152 valence electrons. The van der Waals surface area contributed by atoms with E-state index in [-0.39, 0.29) is 15.5 Å². The number of rotatable bonds is 6. The standard InChI is InChI=1S/C21H22N2O4S2/c1-16-13-14-18(29(26,27)23(2)3)15-20(16)22-28(24,25)21-12-8-7-11-19(21)17-9-5-4-6-10-17/h4-15,22H,1-3H3. The molecule has 0 atom stereocenters. The van der Waals surface area contributed by atoms with Gasteiger partial charge in [0, 0.05) is 19.7 Å². The Morgan fingerprint density at radius 2 is 1.41 bits per heavy atom. The Labute approximate surface area is 171 Å². The second-order valence-corrected chi connectivity index (χ2v) is 10.5. The molecule has 0 heterocycles. The van der Waals surface area contributed by atoms with Crippen LogP contribution in [0.25, 0.3) is 11.1 Å². The van der Waals surface area contributed by atoms with Gasteiger partial charge >= 0.3 is 0 Å². The smallest absolute Gasteiger partial charge is 0.262 e. The van der Waals surface area contributed by atoms with Crippen LogP contribution in [0.1, 0.15) is 5.56 Å². The Kier molecular flexibility index (Phi) is 5.79. The second kappa shape index (κ2) is 7.98. The predicted octanol–water partition coefficient (Wildman–Crippen LogP) is 3.71. The van der Waals surface area contributed by atoms with Gasteiger partial charge in [0.25, 0.3) is 10.0 Å². The molecular formula is C21H22N2O4S2. The lowest BCUT2D eigenvalue weighted by Crippen LogP contribution is -2.22. The maximum atomic E-state index is 13.2. The molecule has 6 nitrogen and oxygen atoms in total. The monoisotopic (exact) mass is 430 g/mol. The largest absolute Gasteiger partial charge is 0.279 e. The van der Waals surface area contributed by atoms with Crippen LogP contribution in [0.15, 0.2) is 82.6 Å². The first-order valence-electron chi connectivity index (χ1n) is 8.83. The summed E-state index contributed by atoms with van der Waals surface area (Å²) >= 11 is 0. The van der Waals surface area contributed by atoms with E-state index in [9.17, 15) is 16.8 Å². The highest BCUT2D eigenvalue weighted by Crippen LogP contribution is 2.30. The lowest BCUT2D eigenvalue weighted by Gasteiger charge is -2.16. The highest BCUT2D eigenvalue weighted by molar-refractivity contribution is 7.93. The van der Waals surface area contributed by atoms with Crippen LogP contribution in [0.5, 0.6) is 0 Å². The van der Waals surface area contributed by atoms with Crippen molar-refractivity contribution >= 4 is 25.7 Å². The lowest BCUT2D eigenvalue weighted by molar-refractivity contribution is 0.520. The Balaban J connectivity index is 2.06. The normalized spacial score (nSPS) is 12.1. The molecule has 0 unspecified atom stereocenters. The third kappa shape index (κ3) is 4.34. The average molecular weight is 431 g/mol. The summed E-state index contributed by atoms with van der Waals surface area (Å²) in [5.74, 6) is 0. The predicted molar refractivity (Wildman–Crippen MR) is 115 cm³/mol. The number of nitrogens with one attached hydrogen (secondary N) is 1. The molecule has 1 N–H and O–H groups in total. The number of benzene rings is 3. The summed E-state index contributed by atoms with van der Waals surface area (Å²) < 4.78 is 54.8. The molecule has 0 aromatic heterocycles.